The molecule has 0 radical (unpaired) electrons. The van der Waals surface area contributed by atoms with E-state index in [1.54, 1.807) is 36.4 Å². The van der Waals surface area contributed by atoms with Crippen LogP contribution in [0.2, 0.25) is 0 Å². The zero-order valence-corrected chi connectivity index (χ0v) is 36.1. The van der Waals surface area contributed by atoms with E-state index in [0.29, 0.717) is 22.3 Å². The second-order valence-corrected chi connectivity index (χ2v) is 15.2. The number of ether oxygens (including phenoxy) is 4. The van der Waals surface area contributed by atoms with Crippen LogP contribution >= 0.6 is 31.9 Å². The van der Waals surface area contributed by atoms with E-state index in [2.05, 4.69) is 41.9 Å². The smallest absolute Gasteiger partial charge is 0.338 e. The van der Waals surface area contributed by atoms with E-state index >= 15 is 0 Å². The van der Waals surface area contributed by atoms with Crippen LogP contribution in [0.15, 0.2) is 102 Å². The molecule has 0 aliphatic carbocycles. The first-order valence-electron chi connectivity index (χ1n) is 18.4. The average Bonchev–Trinajstić information content (AvgIpc) is 3.32. The van der Waals surface area contributed by atoms with Crippen molar-refractivity contribution in [1.29, 1.82) is 0 Å². The zero-order valence-electron chi connectivity index (χ0n) is 32.9. The van der Waals surface area contributed by atoms with Crippen LogP contribution in [0.5, 0.6) is 0 Å². The molecule has 332 valence electrons. The topological polar surface area (TPSA) is 225 Å². The molecule has 0 bridgehead atoms. The molecule has 0 saturated carbocycles. The number of alkyl halides is 4. The van der Waals surface area contributed by atoms with Crippen molar-refractivity contribution < 1.29 is 77.0 Å². The molecule has 19 heteroatoms. The van der Waals surface area contributed by atoms with Gasteiger partial charge in [0.2, 0.25) is 0 Å². The molecule has 0 saturated heterocycles. The highest BCUT2D eigenvalue weighted by Gasteiger charge is 2.34. The predicted octanol–water partition coefficient (Wildman–Crippen LogP) is 5.14. The molecular formula is C43H43Br2F2NO14. The number of aldehydes is 1. The van der Waals surface area contributed by atoms with Crippen molar-refractivity contribution in [2.24, 2.45) is 5.16 Å². The van der Waals surface area contributed by atoms with Gasteiger partial charge in [-0.15, -0.1) is 0 Å². The van der Waals surface area contributed by atoms with Gasteiger partial charge in [0.1, 0.15) is 20.3 Å². The highest BCUT2D eigenvalue weighted by atomic mass is 79.9. The summed E-state index contributed by atoms with van der Waals surface area (Å²) in [4.78, 5) is 62.6. The molecule has 0 aromatic heterocycles. The van der Waals surface area contributed by atoms with Gasteiger partial charge in [0.05, 0.1) is 64.6 Å². The van der Waals surface area contributed by atoms with E-state index in [1.807, 2.05) is 0 Å². The van der Waals surface area contributed by atoms with Gasteiger partial charge in [-0.3, -0.25) is 4.79 Å². The minimum Gasteiger partial charge on any atom is -0.461 e. The Bertz CT molecular complexity index is 2060. The molecule has 0 heterocycles. The van der Waals surface area contributed by atoms with Crippen LogP contribution in [0.25, 0.3) is 0 Å². The molecular weight excluding hydrogens is 952 g/mol. The molecule has 0 aliphatic heterocycles. The van der Waals surface area contributed by atoms with Crippen LogP contribution in [-0.4, -0.2) is 111 Å². The van der Waals surface area contributed by atoms with Crippen molar-refractivity contribution >= 4 is 68.2 Å². The van der Waals surface area contributed by atoms with E-state index in [1.165, 1.54) is 67.8 Å². The number of rotatable bonds is 21. The summed E-state index contributed by atoms with van der Waals surface area (Å²) in [7, 11) is 1.24. The fraction of sp³-hybridized carbons (Fsp3) is 0.302. The lowest BCUT2D eigenvalue weighted by Crippen LogP contribution is -2.39. The number of aliphatic hydroxyl groups is 4. The van der Waals surface area contributed by atoms with E-state index in [0.717, 1.165) is 6.21 Å². The lowest BCUT2D eigenvalue weighted by molar-refractivity contribution is -0.115. The molecule has 4 N–H and O–H groups in total. The summed E-state index contributed by atoms with van der Waals surface area (Å²) in [6.07, 6.45) is -6.09. The lowest BCUT2D eigenvalue weighted by Gasteiger charge is -2.24. The molecule has 0 fully saturated rings. The van der Waals surface area contributed by atoms with Crippen molar-refractivity contribution in [2.45, 2.75) is 60.6 Å². The summed E-state index contributed by atoms with van der Waals surface area (Å²) in [6, 6.07) is 24.0. The Kier molecular flexibility index (Phi) is 22.0. The monoisotopic (exact) mass is 993 g/mol. The summed E-state index contributed by atoms with van der Waals surface area (Å²) >= 11 is 6.34. The molecule has 15 nitrogen and oxygen atoms in total. The summed E-state index contributed by atoms with van der Waals surface area (Å²) in [5.41, 5.74) is 3.17. The van der Waals surface area contributed by atoms with Crippen molar-refractivity contribution in [3.05, 3.63) is 142 Å². The molecule has 4 rings (SSSR count). The number of carbonyl (C=O) groups excluding carboxylic acids is 5. The zero-order chi connectivity index (χ0) is 45.6. The molecule has 6 atom stereocenters. The van der Waals surface area contributed by atoms with Gasteiger partial charge >= 0.3 is 23.9 Å². The van der Waals surface area contributed by atoms with Gasteiger partial charge in [-0.05, 0) is 70.8 Å². The molecule has 0 spiro atoms. The Morgan fingerprint density at radius 1 is 0.548 bits per heavy atom. The van der Waals surface area contributed by atoms with Crippen molar-refractivity contribution in [2.75, 3.05) is 20.3 Å². The van der Waals surface area contributed by atoms with Crippen LogP contribution in [0.3, 0.4) is 0 Å². The summed E-state index contributed by atoms with van der Waals surface area (Å²) < 4.78 is 49.5. The number of oxime groups is 1. The van der Waals surface area contributed by atoms with Gasteiger partial charge in [0.15, 0.2) is 30.8 Å². The van der Waals surface area contributed by atoms with Crippen LogP contribution in [0, 0.1) is 0 Å². The van der Waals surface area contributed by atoms with E-state index in [9.17, 15) is 32.8 Å². The lowest BCUT2D eigenvalue weighted by atomic mass is 10.1. The number of nitrogens with zero attached hydrogens (tertiary/aromatic N) is 1. The number of esters is 4. The number of benzene rings is 4. The van der Waals surface area contributed by atoms with Gasteiger partial charge in [-0.2, -0.15) is 0 Å². The maximum Gasteiger partial charge on any atom is 0.338 e. The standard InChI is InChI=1S/C22H23BrFNO7.C21H20BrFO7/c1-30-25-10-19(24)20(32-22(29)17-8-4-15(12-27)5-9-17)18(23)13-31-21(28)16-6-2-14(11-26)3-7-16;22-17(12-29-20(27)15-5-1-13(9-24)2-6-15)19(18(23)11-26)30-21(28)16-7-3-14(10-25)4-8-16/h2-10,18-20,26-27H,11-13H2,1H3;1-8,11,17-19,24-25H,9-10,12H2/t18-,19-,20-;17-,18+,19+/m10/s1. The number of hydrogen-bond acceptors (Lipinski definition) is 15. The molecule has 4 aromatic carbocycles. The molecule has 0 unspecified atom stereocenters. The molecule has 62 heavy (non-hydrogen) atoms. The molecule has 0 aliphatic rings. The minimum absolute atomic E-state index is 0.00347. The van der Waals surface area contributed by atoms with Crippen molar-refractivity contribution in [3.63, 3.8) is 0 Å². The minimum atomic E-state index is -2.14. The summed E-state index contributed by atoms with van der Waals surface area (Å²) in [5.74, 6) is -3.03. The average molecular weight is 996 g/mol. The predicted molar refractivity (Wildman–Crippen MR) is 225 cm³/mol. The van der Waals surface area contributed by atoms with Gasteiger partial charge in [0.25, 0.3) is 0 Å². The second-order valence-electron chi connectivity index (χ2n) is 12.9. The fourth-order valence-electron chi connectivity index (χ4n) is 4.99. The fourth-order valence-corrected chi connectivity index (χ4v) is 6.06. The highest BCUT2D eigenvalue weighted by Crippen LogP contribution is 2.21. The normalized spacial score (nSPS) is 13.8. The van der Waals surface area contributed by atoms with Gasteiger partial charge in [-0.25, -0.2) is 28.0 Å². The van der Waals surface area contributed by atoms with Crippen molar-refractivity contribution in [3.8, 4) is 0 Å². The Labute approximate surface area is 371 Å². The third-order valence-electron chi connectivity index (χ3n) is 8.50. The number of halogens is 4. The van der Waals surface area contributed by atoms with Gasteiger partial charge in [0, 0.05) is 0 Å². The maximum atomic E-state index is 14.7. The highest BCUT2D eigenvalue weighted by molar-refractivity contribution is 9.09. The quantitative estimate of drug-likeness (QED) is 0.0212. The summed E-state index contributed by atoms with van der Waals surface area (Å²) in [6.45, 7) is -1.38. The van der Waals surface area contributed by atoms with E-state index in [4.69, 9.17) is 39.4 Å². The maximum absolute atomic E-state index is 14.7. The van der Waals surface area contributed by atoms with Crippen LogP contribution in [0.1, 0.15) is 63.7 Å². The van der Waals surface area contributed by atoms with Gasteiger partial charge < -0.3 is 44.2 Å². The number of hydrogen-bond donors (Lipinski definition) is 4. The third kappa shape index (κ3) is 16.1. The van der Waals surface area contributed by atoms with Crippen LogP contribution in [-0.2, 0) is 55.0 Å². The molecule has 0 amide bonds. The SMILES string of the molecule is CON=C[C@@H](F)[C@H](OC(=O)c1ccc(CO)cc1)[C@H](Br)COC(=O)c1ccc(CO)cc1.O=C[C@@H](F)[C@H](OC(=O)c1ccc(CO)cc1)[C@@H](Br)COC(=O)c1ccc(CO)cc1. The van der Waals surface area contributed by atoms with Crippen LogP contribution < -0.4 is 0 Å². The first kappa shape index (κ1) is 50.9. The van der Waals surface area contributed by atoms with E-state index < -0.39 is 58.1 Å². The Morgan fingerprint density at radius 3 is 1.11 bits per heavy atom. The first-order valence-corrected chi connectivity index (χ1v) is 20.3. The van der Waals surface area contributed by atoms with Gasteiger partial charge in [-0.1, -0.05) is 85.5 Å². The Hall–Kier alpha value is -5.44. The van der Waals surface area contributed by atoms with E-state index in [-0.39, 0.29) is 68.2 Å². The number of carbonyl (C=O) groups is 5. The molecule has 4 aromatic rings. The Balaban J connectivity index is 0.000000331. The second kappa shape index (κ2) is 26.8. The third-order valence-corrected chi connectivity index (χ3v) is 10.1. The summed E-state index contributed by atoms with van der Waals surface area (Å²) in [5, 5.41) is 39.6. The van der Waals surface area contributed by atoms with Crippen LogP contribution in [0.4, 0.5) is 8.78 Å². The van der Waals surface area contributed by atoms with Crippen molar-refractivity contribution in [1.82, 2.24) is 0 Å². The largest absolute Gasteiger partial charge is 0.461 e. The Morgan fingerprint density at radius 2 is 0.839 bits per heavy atom. The number of aliphatic hydroxyl groups excluding tert-OH is 4. The first-order chi connectivity index (χ1) is 29.8.